The Morgan fingerprint density at radius 2 is 0.905 bits per heavy atom. The first-order valence-electron chi connectivity index (χ1n) is 25.5. The lowest BCUT2D eigenvalue weighted by Crippen LogP contribution is -2.55. The fourth-order valence-electron chi connectivity index (χ4n) is 7.16. The quantitative estimate of drug-likeness (QED) is 0.0260. The molecule has 362 valence electrons. The van der Waals surface area contributed by atoms with Gasteiger partial charge in [-0.05, 0) is 77.0 Å². The van der Waals surface area contributed by atoms with E-state index in [4.69, 9.17) is 14.2 Å². The molecular formula is C55H95NO7. The first-order valence-corrected chi connectivity index (χ1v) is 25.5. The molecule has 0 saturated heterocycles. The molecule has 0 aliphatic rings. The maximum absolute atomic E-state index is 12.8. The van der Waals surface area contributed by atoms with Crippen molar-refractivity contribution >= 4 is 17.9 Å². The smallest absolute Gasteiger partial charge is 0.306 e. The largest absolute Gasteiger partial charge is 0.544 e. The number of hydrogen-bond acceptors (Lipinski definition) is 7. The first-order chi connectivity index (χ1) is 30.6. The van der Waals surface area contributed by atoms with Crippen LogP contribution in [-0.2, 0) is 28.6 Å². The maximum Gasteiger partial charge on any atom is 0.306 e. The molecule has 8 heteroatoms. The van der Waals surface area contributed by atoms with Gasteiger partial charge in [0, 0.05) is 19.3 Å². The highest BCUT2D eigenvalue weighted by molar-refractivity contribution is 5.70. The summed E-state index contributed by atoms with van der Waals surface area (Å²) < 4.78 is 17.2. The molecule has 2 atom stereocenters. The summed E-state index contributed by atoms with van der Waals surface area (Å²) in [5, 5.41) is 11.7. The van der Waals surface area contributed by atoms with Gasteiger partial charge in [0.15, 0.2) is 6.10 Å². The van der Waals surface area contributed by atoms with Gasteiger partial charge >= 0.3 is 11.9 Å². The highest BCUT2D eigenvalue weighted by Crippen LogP contribution is 2.14. The van der Waals surface area contributed by atoms with Gasteiger partial charge in [0.1, 0.15) is 12.6 Å². The minimum atomic E-state index is -1.13. The Morgan fingerprint density at radius 3 is 1.38 bits per heavy atom. The third-order valence-corrected chi connectivity index (χ3v) is 11.1. The van der Waals surface area contributed by atoms with Gasteiger partial charge in [0.05, 0.1) is 40.3 Å². The molecule has 0 N–H and O–H groups in total. The molecule has 0 aromatic carbocycles. The number of carbonyl (C=O) groups is 3. The number of likely N-dealkylation sites (N-methyl/N-ethyl adjacent to an activating group) is 1. The Kier molecular flexibility index (Phi) is 43.0. The number of rotatable bonds is 45. The molecule has 2 unspecified atom stereocenters. The number of nitrogens with zero attached hydrogens (tertiary/aromatic N) is 1. The summed E-state index contributed by atoms with van der Waals surface area (Å²) in [5.41, 5.74) is 0. The summed E-state index contributed by atoms with van der Waals surface area (Å²) in [4.78, 5) is 37.0. The van der Waals surface area contributed by atoms with Gasteiger partial charge < -0.3 is 28.6 Å². The van der Waals surface area contributed by atoms with E-state index in [1.54, 1.807) is 21.1 Å². The highest BCUT2D eigenvalue weighted by Gasteiger charge is 2.25. The second-order valence-electron chi connectivity index (χ2n) is 18.0. The number of aliphatic carboxylic acids is 1. The Labute approximate surface area is 387 Å². The van der Waals surface area contributed by atoms with Crippen LogP contribution in [0.3, 0.4) is 0 Å². The number of carboxylic acids is 1. The lowest BCUT2D eigenvalue weighted by atomic mass is 10.0. The van der Waals surface area contributed by atoms with E-state index in [-0.39, 0.29) is 49.1 Å². The molecule has 0 bridgehead atoms. The van der Waals surface area contributed by atoms with Gasteiger partial charge in [-0.2, -0.15) is 0 Å². The first kappa shape index (κ1) is 59.8. The summed E-state index contributed by atoms with van der Waals surface area (Å²) in [5.74, 6) is -1.82. The van der Waals surface area contributed by atoms with E-state index in [1.807, 2.05) is 0 Å². The molecule has 0 amide bonds. The van der Waals surface area contributed by atoms with Crippen LogP contribution in [0, 0.1) is 0 Å². The maximum atomic E-state index is 12.8. The van der Waals surface area contributed by atoms with Gasteiger partial charge in [-0.15, -0.1) is 0 Å². The van der Waals surface area contributed by atoms with Crippen LogP contribution in [0.4, 0.5) is 0 Å². The molecule has 0 heterocycles. The van der Waals surface area contributed by atoms with Crippen molar-refractivity contribution in [3.05, 3.63) is 72.9 Å². The van der Waals surface area contributed by atoms with E-state index >= 15 is 0 Å². The average molecular weight is 882 g/mol. The normalized spacial score (nSPS) is 13.5. The van der Waals surface area contributed by atoms with Crippen molar-refractivity contribution in [3.63, 3.8) is 0 Å². The Balaban J connectivity index is 4.33. The summed E-state index contributed by atoms with van der Waals surface area (Å²) >= 11 is 0. The Morgan fingerprint density at radius 1 is 0.492 bits per heavy atom. The zero-order valence-electron chi connectivity index (χ0n) is 41.2. The zero-order valence-corrected chi connectivity index (χ0v) is 41.2. The second-order valence-corrected chi connectivity index (χ2v) is 18.0. The lowest BCUT2D eigenvalue weighted by molar-refractivity contribution is -0.889. The molecular weight excluding hydrogens is 787 g/mol. The molecule has 8 nitrogen and oxygen atoms in total. The van der Waals surface area contributed by atoms with Gasteiger partial charge in [-0.1, -0.05) is 183 Å². The van der Waals surface area contributed by atoms with Gasteiger partial charge in [-0.25, -0.2) is 0 Å². The lowest BCUT2D eigenvalue weighted by Gasteiger charge is -2.34. The van der Waals surface area contributed by atoms with Crippen LogP contribution < -0.4 is 5.11 Å². The van der Waals surface area contributed by atoms with E-state index in [1.165, 1.54) is 109 Å². The molecule has 0 aromatic rings. The molecule has 0 radical (unpaired) electrons. The van der Waals surface area contributed by atoms with E-state index in [2.05, 4.69) is 86.8 Å². The minimum Gasteiger partial charge on any atom is -0.544 e. The van der Waals surface area contributed by atoms with Gasteiger partial charge in [0.25, 0.3) is 0 Å². The Bertz CT molecular complexity index is 1260. The SMILES string of the molecule is CC/C=C/C/C=C/C/C=C/C/C=C/C/C=C/CCCC(=O)OCC(COCCC(C(=O)[O-])[N+](C)(C)C)OC(=O)CCCCCCCCC/C=C/CCCCCCCCCCCCC. The van der Waals surface area contributed by atoms with Gasteiger partial charge in [0.2, 0.25) is 0 Å². The van der Waals surface area contributed by atoms with Crippen LogP contribution in [0.15, 0.2) is 72.9 Å². The van der Waals surface area contributed by atoms with Crippen molar-refractivity contribution in [1.82, 2.24) is 0 Å². The average Bonchev–Trinajstić information content (AvgIpc) is 3.24. The standard InChI is InChI=1S/C55H95NO7/c1-6-8-10-12-14-16-18-20-22-24-25-26-27-28-30-32-34-36-38-40-42-44-46-54(58)63-51(49-61-48-47-52(55(59)60)56(3,4)5)50-62-53(57)45-43-41-39-37-35-33-31-29-23-21-19-17-15-13-11-9-7-2/h9,11,15,17,21,23,27-28,31,33,37,39,51-52H,6-8,10,12-14,16,18-20,22,24-26,29-30,32,34-36,38,40-50H2,1-5H3/b11-9+,17-15+,23-21+,28-27+,33-31+,39-37+. The minimum absolute atomic E-state index is 0.0184. The van der Waals surface area contributed by atoms with Crippen LogP contribution in [-0.4, -0.2) is 75.5 Å². The van der Waals surface area contributed by atoms with Crippen LogP contribution in [0.25, 0.3) is 0 Å². The van der Waals surface area contributed by atoms with E-state index < -0.39 is 18.1 Å². The van der Waals surface area contributed by atoms with Crippen LogP contribution >= 0.6 is 0 Å². The van der Waals surface area contributed by atoms with Crippen molar-refractivity contribution in [3.8, 4) is 0 Å². The number of esters is 2. The number of hydrogen-bond donors (Lipinski definition) is 0. The summed E-state index contributed by atoms with van der Waals surface area (Å²) in [6.45, 7) is 4.49. The van der Waals surface area contributed by atoms with Crippen molar-refractivity contribution in [2.45, 2.75) is 219 Å². The van der Waals surface area contributed by atoms with Crippen molar-refractivity contribution in [1.29, 1.82) is 0 Å². The number of unbranched alkanes of at least 4 members (excludes halogenated alkanes) is 19. The molecule has 0 aliphatic carbocycles. The summed E-state index contributed by atoms with van der Waals surface area (Å²) in [6, 6.07) is -0.738. The third-order valence-electron chi connectivity index (χ3n) is 11.1. The predicted octanol–water partition coefficient (Wildman–Crippen LogP) is 13.4. The van der Waals surface area contributed by atoms with Crippen molar-refractivity contribution < 1.29 is 38.2 Å². The highest BCUT2D eigenvalue weighted by atomic mass is 16.6. The second kappa shape index (κ2) is 45.3. The van der Waals surface area contributed by atoms with Crippen LogP contribution in [0.2, 0.25) is 0 Å². The third kappa shape index (κ3) is 43.8. The predicted molar refractivity (Wildman–Crippen MR) is 263 cm³/mol. The molecule has 0 fully saturated rings. The van der Waals surface area contributed by atoms with E-state index in [0.29, 0.717) is 12.8 Å². The fourth-order valence-corrected chi connectivity index (χ4v) is 7.16. The molecule has 63 heavy (non-hydrogen) atoms. The van der Waals surface area contributed by atoms with E-state index in [0.717, 1.165) is 57.8 Å². The topological polar surface area (TPSA) is 102 Å². The molecule has 0 rings (SSSR count). The van der Waals surface area contributed by atoms with Crippen LogP contribution in [0.5, 0.6) is 0 Å². The summed E-state index contributed by atoms with van der Waals surface area (Å²) in [7, 11) is 5.39. The molecule has 0 aromatic heterocycles. The zero-order chi connectivity index (χ0) is 46.3. The number of carbonyl (C=O) groups excluding carboxylic acids is 3. The number of ether oxygens (including phenoxy) is 3. The number of allylic oxidation sites excluding steroid dienone is 12. The number of quaternary nitrogens is 1. The van der Waals surface area contributed by atoms with Crippen LogP contribution in [0.1, 0.15) is 206 Å². The molecule has 0 aliphatic heterocycles. The summed E-state index contributed by atoms with van der Waals surface area (Å²) in [6.07, 6.45) is 58.0. The fraction of sp³-hybridized carbons (Fsp3) is 0.727. The molecule has 0 saturated carbocycles. The monoisotopic (exact) mass is 882 g/mol. The van der Waals surface area contributed by atoms with E-state index in [9.17, 15) is 19.5 Å². The number of carboxylic acid groups (broad SMARTS) is 1. The van der Waals surface area contributed by atoms with Gasteiger partial charge in [-0.3, -0.25) is 9.59 Å². The van der Waals surface area contributed by atoms with Crippen molar-refractivity contribution in [2.75, 3.05) is 41.0 Å². The molecule has 0 spiro atoms. The Hall–Kier alpha value is -3.23. The van der Waals surface area contributed by atoms with Crippen molar-refractivity contribution in [2.24, 2.45) is 0 Å².